The Morgan fingerprint density at radius 1 is 0.333 bits per heavy atom. The molecule has 0 aromatic heterocycles. The molecule has 0 heterocycles. The molecule has 492 valence electrons. The van der Waals surface area contributed by atoms with Crippen LogP contribution in [0.15, 0.2) is 60.8 Å². The molecule has 6 heteroatoms. The lowest BCUT2D eigenvalue weighted by Crippen LogP contribution is -2.45. The molecule has 0 rings (SSSR count). The summed E-state index contributed by atoms with van der Waals surface area (Å²) in [6.07, 6.45) is 97.7. The van der Waals surface area contributed by atoms with E-state index in [1.165, 1.54) is 315 Å². The minimum atomic E-state index is -0.842. The monoisotopic (exact) mass is 1180 g/mol. The van der Waals surface area contributed by atoms with Crippen molar-refractivity contribution in [3.8, 4) is 0 Å². The van der Waals surface area contributed by atoms with E-state index in [1.54, 1.807) is 6.08 Å². The first-order chi connectivity index (χ1) is 41.5. The first kappa shape index (κ1) is 81.6. The van der Waals surface area contributed by atoms with Gasteiger partial charge in [-0.15, -0.1) is 0 Å². The number of allylic oxidation sites excluding steroid dienone is 9. The lowest BCUT2D eigenvalue weighted by molar-refractivity contribution is -0.143. The number of rotatable bonds is 70. The summed E-state index contributed by atoms with van der Waals surface area (Å²) in [7, 11) is 0. The van der Waals surface area contributed by atoms with Gasteiger partial charge in [-0.1, -0.05) is 351 Å². The number of hydrogen-bond donors (Lipinski definition) is 3. The number of hydrogen-bond acceptors (Lipinski definition) is 5. The molecule has 0 aromatic carbocycles. The third kappa shape index (κ3) is 68.7. The van der Waals surface area contributed by atoms with Crippen LogP contribution in [-0.4, -0.2) is 47.4 Å². The number of unbranched alkanes of at least 4 members (excludes halogenated alkanes) is 51. The standard InChI is InChI=1S/C78H145NO5/c1-3-5-7-9-11-13-15-17-18-45-48-52-56-60-64-68-72-78(83)84-73-69-65-61-57-53-49-46-43-41-39-37-35-33-31-29-27-25-23-21-19-20-22-24-26-28-30-32-34-36-38-40-42-44-47-51-55-59-63-67-71-77(82)79-75(74-80)76(81)70-66-62-58-54-50-16-14-12-10-8-6-4-2/h13,15,18-20,23,25,45,66,70,75-76,80-81H,3-12,14,16-17,21-22,24,26-44,46-65,67-69,71-74H2,1-2H3,(H,79,82)/b15-13-,20-19-,25-23-,45-18-,70-66+. The maximum Gasteiger partial charge on any atom is 0.305 e. The first-order valence-corrected chi connectivity index (χ1v) is 37.6. The smallest absolute Gasteiger partial charge is 0.305 e. The second kappa shape index (κ2) is 73.0. The van der Waals surface area contributed by atoms with Crippen LogP contribution >= 0.6 is 0 Å². The fourth-order valence-electron chi connectivity index (χ4n) is 11.5. The second-order valence-electron chi connectivity index (χ2n) is 25.6. The molecule has 3 N–H and O–H groups in total. The van der Waals surface area contributed by atoms with Crippen molar-refractivity contribution in [2.45, 2.75) is 411 Å². The highest BCUT2D eigenvalue weighted by Gasteiger charge is 2.18. The largest absolute Gasteiger partial charge is 0.466 e. The molecule has 0 radical (unpaired) electrons. The quantitative estimate of drug-likeness (QED) is 0.0320. The highest BCUT2D eigenvalue weighted by Crippen LogP contribution is 2.18. The molecule has 6 nitrogen and oxygen atoms in total. The van der Waals surface area contributed by atoms with E-state index >= 15 is 0 Å². The van der Waals surface area contributed by atoms with Gasteiger partial charge >= 0.3 is 5.97 Å². The van der Waals surface area contributed by atoms with Crippen molar-refractivity contribution in [2.75, 3.05) is 13.2 Å². The number of amides is 1. The molecule has 0 saturated carbocycles. The molecule has 0 spiro atoms. The first-order valence-electron chi connectivity index (χ1n) is 37.6. The van der Waals surface area contributed by atoms with E-state index < -0.39 is 12.1 Å². The zero-order valence-corrected chi connectivity index (χ0v) is 56.4. The molecular weight excluding hydrogens is 1030 g/mol. The summed E-state index contributed by atoms with van der Waals surface area (Å²) in [5.74, 6) is -0.0580. The van der Waals surface area contributed by atoms with Crippen molar-refractivity contribution in [1.82, 2.24) is 5.32 Å². The number of aliphatic hydroxyl groups is 2. The summed E-state index contributed by atoms with van der Waals surface area (Å²) in [4.78, 5) is 24.5. The number of esters is 1. The Morgan fingerprint density at radius 3 is 0.917 bits per heavy atom. The number of aliphatic hydroxyl groups excluding tert-OH is 2. The predicted molar refractivity (Wildman–Crippen MR) is 370 cm³/mol. The van der Waals surface area contributed by atoms with Gasteiger partial charge < -0.3 is 20.3 Å². The van der Waals surface area contributed by atoms with Gasteiger partial charge in [0.15, 0.2) is 0 Å². The van der Waals surface area contributed by atoms with Gasteiger partial charge in [0.2, 0.25) is 5.91 Å². The lowest BCUT2D eigenvalue weighted by atomic mass is 10.0. The summed E-state index contributed by atoms with van der Waals surface area (Å²) in [6, 6.07) is -0.625. The van der Waals surface area contributed by atoms with Gasteiger partial charge in [0.1, 0.15) is 0 Å². The SMILES string of the molecule is CCCCCC/C=C\C/C=C\CCCCCCCC(=O)OCCCCCCCCCCCCCCCCC/C=C\C/C=C\CCCCCCCCCCCCCCCCCCCC(=O)NC(CO)C(O)/C=C/CCCCCCCCCCCC. The summed E-state index contributed by atoms with van der Waals surface area (Å²) in [5, 5.41) is 23.1. The van der Waals surface area contributed by atoms with Crippen molar-refractivity contribution in [3.63, 3.8) is 0 Å². The Balaban J connectivity index is 3.36. The minimum Gasteiger partial charge on any atom is -0.466 e. The highest BCUT2D eigenvalue weighted by molar-refractivity contribution is 5.76. The zero-order chi connectivity index (χ0) is 60.6. The average molecular weight is 1180 g/mol. The van der Waals surface area contributed by atoms with Crippen molar-refractivity contribution < 1.29 is 24.5 Å². The van der Waals surface area contributed by atoms with Gasteiger partial charge in [-0.25, -0.2) is 0 Å². The molecule has 0 bridgehead atoms. The third-order valence-electron chi connectivity index (χ3n) is 17.3. The van der Waals surface area contributed by atoms with Crippen LogP contribution in [0.5, 0.6) is 0 Å². The van der Waals surface area contributed by atoms with Crippen molar-refractivity contribution in [3.05, 3.63) is 60.8 Å². The fourth-order valence-corrected chi connectivity index (χ4v) is 11.5. The maximum atomic E-state index is 12.5. The van der Waals surface area contributed by atoms with Gasteiger partial charge in [-0.2, -0.15) is 0 Å². The Bertz CT molecular complexity index is 1450. The van der Waals surface area contributed by atoms with E-state index in [9.17, 15) is 19.8 Å². The normalized spacial score (nSPS) is 12.9. The highest BCUT2D eigenvalue weighted by atomic mass is 16.5. The van der Waals surface area contributed by atoms with E-state index in [4.69, 9.17) is 4.74 Å². The summed E-state index contributed by atoms with van der Waals surface area (Å²) < 4.78 is 5.49. The van der Waals surface area contributed by atoms with E-state index in [-0.39, 0.29) is 18.5 Å². The van der Waals surface area contributed by atoms with Gasteiger partial charge in [-0.3, -0.25) is 9.59 Å². The van der Waals surface area contributed by atoms with Gasteiger partial charge in [0.05, 0.1) is 25.4 Å². The van der Waals surface area contributed by atoms with Crippen LogP contribution in [-0.2, 0) is 14.3 Å². The molecule has 0 fully saturated rings. The van der Waals surface area contributed by atoms with Crippen LogP contribution < -0.4 is 5.32 Å². The molecule has 2 unspecified atom stereocenters. The molecule has 84 heavy (non-hydrogen) atoms. The second-order valence-corrected chi connectivity index (χ2v) is 25.6. The average Bonchev–Trinajstić information content (AvgIpc) is 3.50. The Kier molecular flexibility index (Phi) is 70.9. The van der Waals surface area contributed by atoms with Crippen molar-refractivity contribution >= 4 is 11.9 Å². The number of nitrogens with one attached hydrogen (secondary N) is 1. The summed E-state index contributed by atoms with van der Waals surface area (Å²) in [5.41, 5.74) is 0. The third-order valence-corrected chi connectivity index (χ3v) is 17.3. The van der Waals surface area contributed by atoms with Crippen LogP contribution in [0.1, 0.15) is 399 Å². The molecule has 0 aliphatic rings. The van der Waals surface area contributed by atoms with Gasteiger partial charge in [-0.05, 0) is 96.3 Å². The molecule has 0 aromatic rings. The van der Waals surface area contributed by atoms with Crippen LogP contribution in [0.2, 0.25) is 0 Å². The zero-order valence-electron chi connectivity index (χ0n) is 56.4. The van der Waals surface area contributed by atoms with Gasteiger partial charge in [0, 0.05) is 12.8 Å². The van der Waals surface area contributed by atoms with E-state index in [1.807, 2.05) is 6.08 Å². The van der Waals surface area contributed by atoms with Crippen molar-refractivity contribution in [1.29, 1.82) is 0 Å². The molecule has 1 amide bonds. The van der Waals surface area contributed by atoms with Gasteiger partial charge in [0.25, 0.3) is 0 Å². The molecule has 0 aliphatic heterocycles. The summed E-state index contributed by atoms with van der Waals surface area (Å²) >= 11 is 0. The fraction of sp³-hybridized carbons (Fsp3) is 0.846. The number of carbonyl (C=O) groups excluding carboxylic acids is 2. The molecule has 0 aliphatic carbocycles. The number of carbonyl (C=O) groups is 2. The van der Waals surface area contributed by atoms with E-state index in [2.05, 4.69) is 67.8 Å². The lowest BCUT2D eigenvalue weighted by Gasteiger charge is -2.20. The topological polar surface area (TPSA) is 95.9 Å². The van der Waals surface area contributed by atoms with Crippen molar-refractivity contribution in [2.24, 2.45) is 0 Å². The van der Waals surface area contributed by atoms with E-state index in [0.29, 0.717) is 19.4 Å². The molecular formula is C78H145NO5. The van der Waals surface area contributed by atoms with E-state index in [0.717, 1.165) is 57.8 Å². The number of ether oxygens (including phenoxy) is 1. The predicted octanol–water partition coefficient (Wildman–Crippen LogP) is 24.6. The van der Waals surface area contributed by atoms with Crippen LogP contribution in [0, 0.1) is 0 Å². The van der Waals surface area contributed by atoms with Crippen LogP contribution in [0.3, 0.4) is 0 Å². The minimum absolute atomic E-state index is 0.00657. The Morgan fingerprint density at radius 2 is 0.595 bits per heavy atom. The Hall–Kier alpha value is -2.44. The maximum absolute atomic E-state index is 12.5. The molecule has 2 atom stereocenters. The van der Waals surface area contributed by atoms with Crippen LogP contribution in [0.25, 0.3) is 0 Å². The summed E-state index contributed by atoms with van der Waals surface area (Å²) in [6.45, 7) is 4.89. The molecule has 0 saturated heterocycles. The Labute approximate surface area is 524 Å². The van der Waals surface area contributed by atoms with Crippen LogP contribution in [0.4, 0.5) is 0 Å².